The summed E-state index contributed by atoms with van der Waals surface area (Å²) >= 11 is 12.0. The number of halogens is 4. The first-order valence-corrected chi connectivity index (χ1v) is 8.45. The van der Waals surface area contributed by atoms with Gasteiger partial charge in [-0.25, -0.2) is 4.98 Å². The summed E-state index contributed by atoms with van der Waals surface area (Å²) in [6.07, 6.45) is 4.20. The number of hydrogen-bond donors (Lipinski definition) is 2. The third-order valence-electron chi connectivity index (χ3n) is 3.53. The van der Waals surface area contributed by atoms with Gasteiger partial charge in [0.1, 0.15) is 5.82 Å². The Balaban J connectivity index is 1.76. The van der Waals surface area contributed by atoms with Crippen LogP contribution in [-0.2, 0) is 13.0 Å². The molecule has 0 aliphatic heterocycles. The van der Waals surface area contributed by atoms with E-state index in [1.807, 2.05) is 12.1 Å². The Morgan fingerprint density at radius 2 is 2.12 bits per heavy atom. The van der Waals surface area contributed by atoms with Crippen LogP contribution >= 0.6 is 23.2 Å². The van der Waals surface area contributed by atoms with Crippen LogP contribution in [0.3, 0.4) is 0 Å². The summed E-state index contributed by atoms with van der Waals surface area (Å²) in [4.78, 5) is 7.97. The third kappa shape index (κ3) is 5.86. The summed E-state index contributed by atoms with van der Waals surface area (Å²) in [5.41, 5.74) is 1.02. The number of nitrogens with zero attached hydrogens (tertiary/aromatic N) is 3. The van der Waals surface area contributed by atoms with Gasteiger partial charge in [0.2, 0.25) is 0 Å². The molecule has 5 nitrogen and oxygen atoms in total. The molecule has 0 unspecified atom stereocenters. The second kappa shape index (κ2) is 9.58. The van der Waals surface area contributed by atoms with Crippen molar-refractivity contribution in [2.24, 2.45) is 4.99 Å². The second-order valence-electron chi connectivity index (χ2n) is 5.22. The quantitative estimate of drug-likeness (QED) is 0.429. The zero-order valence-electron chi connectivity index (χ0n) is 13.6. The minimum Gasteiger partial charge on any atom is -0.356 e. The largest absolute Gasteiger partial charge is 0.356 e. The smallest absolute Gasteiger partial charge is 0.319 e. The maximum absolute atomic E-state index is 12.8. The van der Waals surface area contributed by atoms with Crippen molar-refractivity contribution in [3.05, 3.63) is 52.0 Å². The predicted octanol–water partition coefficient (Wildman–Crippen LogP) is 3.88. The molecular formula is C16H19Cl2F2N5. The second-order valence-corrected chi connectivity index (χ2v) is 6.06. The molecule has 1 heterocycles. The van der Waals surface area contributed by atoms with Gasteiger partial charge < -0.3 is 10.6 Å². The molecule has 0 amide bonds. The van der Waals surface area contributed by atoms with Gasteiger partial charge in [-0.2, -0.15) is 8.78 Å². The monoisotopic (exact) mass is 389 g/mol. The molecule has 136 valence electrons. The topological polar surface area (TPSA) is 54.2 Å². The van der Waals surface area contributed by atoms with Gasteiger partial charge >= 0.3 is 6.55 Å². The molecule has 2 rings (SSSR count). The van der Waals surface area contributed by atoms with Crippen molar-refractivity contribution < 1.29 is 8.78 Å². The first kappa shape index (κ1) is 19.5. The first-order valence-electron chi connectivity index (χ1n) is 7.69. The Morgan fingerprint density at radius 3 is 2.80 bits per heavy atom. The van der Waals surface area contributed by atoms with E-state index in [1.165, 1.54) is 12.4 Å². The number of alkyl halides is 2. The fourth-order valence-corrected chi connectivity index (χ4v) is 2.75. The predicted molar refractivity (Wildman–Crippen MR) is 96.5 cm³/mol. The van der Waals surface area contributed by atoms with E-state index in [2.05, 4.69) is 20.6 Å². The molecule has 1 aromatic carbocycles. The molecule has 0 fully saturated rings. The van der Waals surface area contributed by atoms with Crippen LogP contribution in [0.25, 0.3) is 0 Å². The number of nitrogens with one attached hydrogen (secondary N) is 2. The molecule has 0 saturated heterocycles. The van der Waals surface area contributed by atoms with Gasteiger partial charge in [-0.15, -0.1) is 0 Å². The number of aryl methyl sites for hydroxylation is 1. The summed E-state index contributed by atoms with van der Waals surface area (Å²) in [5.74, 6) is 0.761. The Hall–Kier alpha value is -1.86. The van der Waals surface area contributed by atoms with E-state index in [-0.39, 0.29) is 12.4 Å². The molecule has 0 saturated carbocycles. The highest BCUT2D eigenvalue weighted by Gasteiger charge is 2.11. The fourth-order valence-electron chi connectivity index (χ4n) is 2.25. The normalized spacial score (nSPS) is 11.8. The highest BCUT2D eigenvalue weighted by atomic mass is 35.5. The Bertz CT molecular complexity index is 718. The Labute approximate surface area is 155 Å². The van der Waals surface area contributed by atoms with Gasteiger partial charge in [0.05, 0.1) is 6.54 Å². The molecule has 2 aromatic rings. The van der Waals surface area contributed by atoms with Crippen molar-refractivity contribution in [2.75, 3.05) is 13.6 Å². The minimum absolute atomic E-state index is 0.153. The fraction of sp³-hybridized carbons (Fsp3) is 0.375. The SMILES string of the molecule is CN=C(NCCCc1ccc(Cl)cc1Cl)NCc1nccn1C(F)F. The van der Waals surface area contributed by atoms with Crippen molar-refractivity contribution in [3.63, 3.8) is 0 Å². The van der Waals surface area contributed by atoms with Crippen molar-refractivity contribution in [1.29, 1.82) is 0 Å². The van der Waals surface area contributed by atoms with Crippen LogP contribution < -0.4 is 10.6 Å². The molecule has 1 aromatic heterocycles. The van der Waals surface area contributed by atoms with Crippen LogP contribution in [0, 0.1) is 0 Å². The van der Waals surface area contributed by atoms with Gasteiger partial charge in [0.15, 0.2) is 5.96 Å². The Kier molecular flexibility index (Phi) is 7.46. The zero-order valence-corrected chi connectivity index (χ0v) is 15.2. The van der Waals surface area contributed by atoms with E-state index in [0.717, 1.165) is 23.0 Å². The number of rotatable bonds is 7. The standard InChI is InChI=1S/C16H19Cl2F2N5/c1-21-16(24-10-14-22-7-8-25(14)15(19)20)23-6-2-3-11-4-5-12(17)9-13(11)18/h4-5,7-9,15H,2-3,6,10H2,1H3,(H2,21,23,24). The molecule has 0 radical (unpaired) electrons. The van der Waals surface area contributed by atoms with Crippen molar-refractivity contribution in [1.82, 2.24) is 20.2 Å². The van der Waals surface area contributed by atoms with Crippen molar-refractivity contribution >= 4 is 29.2 Å². The van der Waals surface area contributed by atoms with E-state index in [0.29, 0.717) is 22.5 Å². The van der Waals surface area contributed by atoms with E-state index < -0.39 is 6.55 Å². The minimum atomic E-state index is -2.61. The van der Waals surface area contributed by atoms with E-state index in [4.69, 9.17) is 23.2 Å². The van der Waals surface area contributed by atoms with E-state index in [1.54, 1.807) is 13.1 Å². The lowest BCUT2D eigenvalue weighted by Crippen LogP contribution is -2.38. The lowest BCUT2D eigenvalue weighted by molar-refractivity contribution is 0.0668. The highest BCUT2D eigenvalue weighted by Crippen LogP contribution is 2.21. The van der Waals surface area contributed by atoms with Gasteiger partial charge in [-0.3, -0.25) is 9.56 Å². The van der Waals surface area contributed by atoms with Crippen LogP contribution in [-0.4, -0.2) is 29.1 Å². The van der Waals surface area contributed by atoms with Gasteiger partial charge in [-0.1, -0.05) is 29.3 Å². The number of aromatic nitrogens is 2. The maximum Gasteiger partial charge on any atom is 0.319 e. The average molecular weight is 390 g/mol. The summed E-state index contributed by atoms with van der Waals surface area (Å²) in [6, 6.07) is 5.43. The third-order valence-corrected chi connectivity index (χ3v) is 4.11. The Morgan fingerprint density at radius 1 is 1.32 bits per heavy atom. The van der Waals surface area contributed by atoms with Crippen molar-refractivity contribution in [3.8, 4) is 0 Å². The molecule has 0 aliphatic carbocycles. The van der Waals surface area contributed by atoms with Gasteiger partial charge in [0, 0.05) is 36.0 Å². The van der Waals surface area contributed by atoms with Crippen LogP contribution in [0.2, 0.25) is 10.0 Å². The molecule has 0 spiro atoms. The number of guanidine groups is 1. The highest BCUT2D eigenvalue weighted by molar-refractivity contribution is 6.35. The summed E-state index contributed by atoms with van der Waals surface area (Å²) < 4.78 is 26.3. The van der Waals surface area contributed by atoms with Crippen LogP contribution in [0.5, 0.6) is 0 Å². The van der Waals surface area contributed by atoms with Crippen molar-refractivity contribution in [2.45, 2.75) is 25.9 Å². The molecule has 0 bridgehead atoms. The molecular weight excluding hydrogens is 371 g/mol. The van der Waals surface area contributed by atoms with Crippen LogP contribution in [0.15, 0.2) is 35.6 Å². The lowest BCUT2D eigenvalue weighted by Gasteiger charge is -2.13. The van der Waals surface area contributed by atoms with E-state index >= 15 is 0 Å². The molecule has 2 N–H and O–H groups in total. The summed E-state index contributed by atoms with van der Waals surface area (Å²) in [5, 5.41) is 7.35. The summed E-state index contributed by atoms with van der Waals surface area (Å²) in [6.45, 7) is -1.81. The summed E-state index contributed by atoms with van der Waals surface area (Å²) in [7, 11) is 1.62. The maximum atomic E-state index is 12.8. The lowest BCUT2D eigenvalue weighted by atomic mass is 10.1. The number of benzene rings is 1. The molecule has 0 aliphatic rings. The van der Waals surface area contributed by atoms with Gasteiger partial charge in [0.25, 0.3) is 0 Å². The van der Waals surface area contributed by atoms with E-state index in [9.17, 15) is 8.78 Å². The number of hydrogen-bond acceptors (Lipinski definition) is 2. The van der Waals surface area contributed by atoms with Crippen LogP contribution in [0.1, 0.15) is 24.4 Å². The average Bonchev–Trinajstić information content (AvgIpc) is 3.04. The molecule has 25 heavy (non-hydrogen) atoms. The number of imidazole rings is 1. The van der Waals surface area contributed by atoms with Gasteiger partial charge in [-0.05, 0) is 30.5 Å². The number of aliphatic imine (C=N–C) groups is 1. The first-order chi connectivity index (χ1) is 12.0. The van der Waals surface area contributed by atoms with Crippen LogP contribution in [0.4, 0.5) is 8.78 Å². The molecule has 0 atom stereocenters. The zero-order chi connectivity index (χ0) is 18.2. The molecule has 9 heteroatoms.